The Morgan fingerprint density at radius 2 is 1.58 bits per heavy atom. The number of carboxylic acid groups (broad SMARTS) is 1. The number of aliphatic imine (C=N–C) groups is 1. The van der Waals surface area contributed by atoms with Crippen LogP contribution >= 0.6 is 0 Å². The van der Waals surface area contributed by atoms with Gasteiger partial charge in [-0.25, -0.2) is 13.4 Å². The first-order valence-electron chi connectivity index (χ1n) is 14.9. The number of H-pyrrole nitrogens is 1. The Bertz CT molecular complexity index is 1930. The second-order valence-corrected chi connectivity index (χ2v) is 12.9. The summed E-state index contributed by atoms with van der Waals surface area (Å²) in [5, 5.41) is 20.9. The average molecular weight is 623 g/mol. The summed E-state index contributed by atoms with van der Waals surface area (Å²) in [5.41, 5.74) is 4.52. The van der Waals surface area contributed by atoms with Crippen molar-refractivity contribution in [1.82, 2.24) is 9.88 Å². The molecule has 1 saturated heterocycles. The van der Waals surface area contributed by atoms with E-state index in [0.717, 1.165) is 37.2 Å². The Morgan fingerprint density at radius 1 is 0.911 bits per heavy atom. The van der Waals surface area contributed by atoms with E-state index in [9.17, 15) is 23.4 Å². The number of hydrogen-bond acceptors (Lipinski definition) is 6. The van der Waals surface area contributed by atoms with Crippen LogP contribution in [0.25, 0.3) is 10.9 Å². The molecule has 6 rings (SSSR count). The fourth-order valence-corrected chi connectivity index (χ4v) is 6.79. The molecule has 0 radical (unpaired) electrons. The van der Waals surface area contributed by atoms with Crippen LogP contribution in [0, 0.1) is 5.92 Å². The van der Waals surface area contributed by atoms with Gasteiger partial charge in [-0.15, -0.1) is 0 Å². The summed E-state index contributed by atoms with van der Waals surface area (Å²) >= 11 is 0. The molecule has 45 heavy (non-hydrogen) atoms. The van der Waals surface area contributed by atoms with Crippen LogP contribution in [0.5, 0.6) is 5.88 Å². The number of hydrogen-bond donors (Lipinski definition) is 4. The smallest absolute Gasteiger partial charge is 0.306 e. The number of carboxylic acids is 1. The lowest BCUT2D eigenvalue weighted by Crippen LogP contribution is -2.37. The molecule has 0 bridgehead atoms. The van der Waals surface area contributed by atoms with Crippen molar-refractivity contribution in [2.45, 2.75) is 24.2 Å². The van der Waals surface area contributed by atoms with Gasteiger partial charge in [-0.2, -0.15) is 0 Å². The number of nitrogens with zero attached hydrogens (tertiary/aromatic N) is 2. The van der Waals surface area contributed by atoms with Crippen molar-refractivity contribution in [1.29, 1.82) is 0 Å². The second-order valence-electron chi connectivity index (χ2n) is 11.2. The Labute approximate surface area is 261 Å². The topological polar surface area (TPSA) is 135 Å². The van der Waals surface area contributed by atoms with Crippen molar-refractivity contribution in [3.8, 4) is 5.88 Å². The predicted molar refractivity (Wildman–Crippen MR) is 176 cm³/mol. The Hall–Kier alpha value is -4.93. The zero-order valence-electron chi connectivity index (χ0n) is 24.6. The standard InChI is InChI=1S/C35H34N4O5S/c40-34-32(30-23-29(15-16-31(30)37-34)45(43,44)38-28-9-5-2-6-10-28)33(25-7-3-1-4-8-25)36-27-13-11-24(12-14-27)17-20-39-21-18-26(19-22-39)35(41)42/h1-16,23,26,37-38,40H,17-22H2,(H,41,42). The molecule has 0 atom stereocenters. The lowest BCUT2D eigenvalue weighted by atomic mass is 9.97. The number of piperidine rings is 1. The quantitative estimate of drug-likeness (QED) is 0.137. The van der Waals surface area contributed by atoms with Gasteiger partial charge in [-0.3, -0.25) is 9.52 Å². The molecule has 0 saturated carbocycles. The normalized spacial score (nSPS) is 14.9. The second kappa shape index (κ2) is 13.0. The van der Waals surface area contributed by atoms with E-state index in [4.69, 9.17) is 4.99 Å². The number of benzene rings is 4. The molecule has 1 aromatic heterocycles. The van der Waals surface area contributed by atoms with Crippen molar-refractivity contribution in [3.05, 3.63) is 120 Å². The number of nitrogens with one attached hydrogen (secondary N) is 2. The van der Waals surface area contributed by atoms with Gasteiger partial charge in [0.05, 0.1) is 27.8 Å². The number of aromatic amines is 1. The highest BCUT2D eigenvalue weighted by atomic mass is 32.2. The molecule has 1 fully saturated rings. The summed E-state index contributed by atoms with van der Waals surface area (Å²) in [6.45, 7) is 2.44. The number of aromatic hydroxyl groups is 1. The third-order valence-electron chi connectivity index (χ3n) is 8.20. The Kier molecular flexibility index (Phi) is 8.68. The van der Waals surface area contributed by atoms with Gasteiger partial charge >= 0.3 is 5.97 Å². The van der Waals surface area contributed by atoms with E-state index >= 15 is 0 Å². The van der Waals surface area contributed by atoms with Crippen LogP contribution in [0.1, 0.15) is 29.5 Å². The number of carbonyl (C=O) groups is 1. The number of sulfonamides is 1. The van der Waals surface area contributed by atoms with E-state index < -0.39 is 16.0 Å². The number of aliphatic carboxylic acids is 1. The number of para-hydroxylation sites is 1. The number of anilines is 1. The molecule has 230 valence electrons. The highest BCUT2D eigenvalue weighted by Crippen LogP contribution is 2.33. The number of fused-ring (bicyclic) bond motifs is 1. The molecular weight excluding hydrogens is 588 g/mol. The molecule has 1 aliphatic heterocycles. The van der Waals surface area contributed by atoms with Crippen LogP contribution in [-0.2, 0) is 21.2 Å². The summed E-state index contributed by atoms with van der Waals surface area (Å²) in [6.07, 6.45) is 2.20. The van der Waals surface area contributed by atoms with Gasteiger partial charge in [0.25, 0.3) is 10.0 Å². The lowest BCUT2D eigenvalue weighted by molar-refractivity contribution is -0.143. The van der Waals surface area contributed by atoms with Gasteiger partial charge < -0.3 is 20.1 Å². The van der Waals surface area contributed by atoms with Crippen molar-refractivity contribution in [3.63, 3.8) is 0 Å². The van der Waals surface area contributed by atoms with E-state index in [1.54, 1.807) is 36.4 Å². The first kappa shape index (κ1) is 30.1. The monoisotopic (exact) mass is 622 g/mol. The Morgan fingerprint density at radius 3 is 2.24 bits per heavy atom. The van der Waals surface area contributed by atoms with Gasteiger partial charge in [-0.05, 0) is 80.4 Å². The number of aromatic nitrogens is 1. The van der Waals surface area contributed by atoms with Crippen LogP contribution in [0.3, 0.4) is 0 Å². The van der Waals surface area contributed by atoms with Gasteiger partial charge in [0.1, 0.15) is 0 Å². The fourth-order valence-electron chi connectivity index (χ4n) is 5.70. The third-order valence-corrected chi connectivity index (χ3v) is 9.58. The highest BCUT2D eigenvalue weighted by molar-refractivity contribution is 7.92. The molecule has 2 heterocycles. The molecule has 4 aromatic carbocycles. The maximum absolute atomic E-state index is 13.3. The molecule has 9 nitrogen and oxygen atoms in total. The van der Waals surface area contributed by atoms with Gasteiger partial charge in [0, 0.05) is 28.7 Å². The summed E-state index contributed by atoms with van der Waals surface area (Å²) in [4.78, 5) is 21.6. The molecular formula is C35H34N4O5S. The zero-order chi connectivity index (χ0) is 31.4. The van der Waals surface area contributed by atoms with E-state index in [2.05, 4.69) is 14.6 Å². The minimum atomic E-state index is -3.90. The molecule has 4 N–H and O–H groups in total. The molecule has 0 unspecified atom stereocenters. The number of rotatable bonds is 10. The van der Waals surface area contributed by atoms with E-state index in [-0.39, 0.29) is 16.7 Å². The van der Waals surface area contributed by atoms with Crippen LogP contribution in [0.4, 0.5) is 11.4 Å². The van der Waals surface area contributed by atoms with Crippen LogP contribution in [-0.4, -0.2) is 59.8 Å². The SMILES string of the molecule is O=C(O)C1CCN(CCc2ccc(N=C(c3ccccc3)c3c(O)[nH]c4ccc(S(=O)(=O)Nc5ccccc5)cc34)cc2)CC1. The molecule has 1 aliphatic rings. The third kappa shape index (κ3) is 6.92. The maximum atomic E-state index is 13.3. The molecule has 5 aromatic rings. The van der Waals surface area contributed by atoms with Gasteiger partial charge in [0.2, 0.25) is 0 Å². The first-order chi connectivity index (χ1) is 21.8. The fraction of sp³-hybridized carbons (Fsp3) is 0.200. The van der Waals surface area contributed by atoms with E-state index in [1.165, 1.54) is 6.07 Å². The minimum Gasteiger partial charge on any atom is -0.494 e. The average Bonchev–Trinajstić information content (AvgIpc) is 3.38. The molecule has 10 heteroatoms. The van der Waals surface area contributed by atoms with Crippen LogP contribution in [0.2, 0.25) is 0 Å². The van der Waals surface area contributed by atoms with Gasteiger partial charge in [-0.1, -0.05) is 60.7 Å². The summed E-state index contributed by atoms with van der Waals surface area (Å²) in [6, 6.07) is 30.8. The first-order valence-corrected chi connectivity index (χ1v) is 16.4. The van der Waals surface area contributed by atoms with Crippen molar-refractivity contribution in [2.75, 3.05) is 24.4 Å². The van der Waals surface area contributed by atoms with Crippen LogP contribution in [0.15, 0.2) is 113 Å². The van der Waals surface area contributed by atoms with Gasteiger partial charge in [0.15, 0.2) is 5.88 Å². The molecule has 0 aliphatic carbocycles. The summed E-state index contributed by atoms with van der Waals surface area (Å²) < 4.78 is 29.2. The number of likely N-dealkylation sites (tertiary alicyclic amines) is 1. The predicted octanol–water partition coefficient (Wildman–Crippen LogP) is 6.18. The highest BCUT2D eigenvalue weighted by Gasteiger charge is 2.24. The van der Waals surface area contributed by atoms with E-state index in [1.807, 2.05) is 60.7 Å². The van der Waals surface area contributed by atoms with E-state index in [0.29, 0.717) is 46.4 Å². The van der Waals surface area contributed by atoms with Crippen molar-refractivity contribution in [2.24, 2.45) is 10.9 Å². The van der Waals surface area contributed by atoms with Crippen molar-refractivity contribution >= 4 is 44.0 Å². The largest absolute Gasteiger partial charge is 0.494 e. The van der Waals surface area contributed by atoms with Crippen LogP contribution < -0.4 is 4.72 Å². The van der Waals surface area contributed by atoms with Crippen molar-refractivity contribution < 1.29 is 23.4 Å². The summed E-state index contributed by atoms with van der Waals surface area (Å²) in [7, 11) is -3.90. The molecule has 0 amide bonds. The zero-order valence-corrected chi connectivity index (χ0v) is 25.4. The molecule has 0 spiro atoms. The summed E-state index contributed by atoms with van der Waals surface area (Å²) in [5.74, 6) is -1.05. The minimum absolute atomic E-state index is 0.0584. The Balaban J connectivity index is 1.29. The lowest BCUT2D eigenvalue weighted by Gasteiger charge is -2.29. The maximum Gasteiger partial charge on any atom is 0.306 e.